The van der Waals surface area contributed by atoms with E-state index in [1.165, 1.54) is 25.7 Å². The summed E-state index contributed by atoms with van der Waals surface area (Å²) in [7, 11) is 0. The van der Waals surface area contributed by atoms with E-state index in [-0.39, 0.29) is 0 Å². The lowest BCUT2D eigenvalue weighted by Crippen LogP contribution is -2.15. The molecule has 2 aromatic heterocycles. The molecular formula is C14H19N5. The molecule has 1 N–H and O–H groups in total. The van der Waals surface area contributed by atoms with Gasteiger partial charge in [0, 0.05) is 25.5 Å². The Morgan fingerprint density at radius 2 is 2.00 bits per heavy atom. The monoisotopic (exact) mass is 257 g/mol. The number of rotatable bonds is 5. The molecule has 2 aromatic rings. The Labute approximate surface area is 113 Å². The second-order valence-corrected chi connectivity index (χ2v) is 5.03. The summed E-state index contributed by atoms with van der Waals surface area (Å²) in [5.74, 6) is 0. The van der Waals surface area contributed by atoms with Gasteiger partial charge in [0.1, 0.15) is 6.33 Å². The van der Waals surface area contributed by atoms with E-state index in [4.69, 9.17) is 0 Å². The Hall–Kier alpha value is -1.75. The van der Waals surface area contributed by atoms with Gasteiger partial charge in [0.05, 0.1) is 17.4 Å². The van der Waals surface area contributed by atoms with E-state index in [1.807, 2.05) is 6.07 Å². The van der Waals surface area contributed by atoms with Crippen LogP contribution >= 0.6 is 0 Å². The molecule has 19 heavy (non-hydrogen) atoms. The molecule has 2 heterocycles. The van der Waals surface area contributed by atoms with E-state index in [2.05, 4.69) is 37.3 Å². The molecule has 0 aromatic carbocycles. The first-order valence-corrected chi connectivity index (χ1v) is 6.91. The smallest absolute Gasteiger partial charge is 0.115 e. The summed E-state index contributed by atoms with van der Waals surface area (Å²) < 4.78 is 2.13. The molecule has 0 saturated heterocycles. The zero-order valence-electron chi connectivity index (χ0n) is 11.0. The number of nitrogens with zero attached hydrogens (tertiary/aromatic N) is 4. The van der Waals surface area contributed by atoms with Crippen LogP contribution in [0.4, 0.5) is 0 Å². The fourth-order valence-electron chi connectivity index (χ4n) is 2.59. The van der Waals surface area contributed by atoms with Crippen LogP contribution in [-0.2, 0) is 13.1 Å². The molecule has 1 aliphatic carbocycles. The molecular weight excluding hydrogens is 238 g/mol. The lowest BCUT2D eigenvalue weighted by Gasteiger charge is -2.08. The fourth-order valence-corrected chi connectivity index (χ4v) is 2.59. The predicted octanol–water partition coefficient (Wildman–Crippen LogP) is 2.08. The van der Waals surface area contributed by atoms with Gasteiger partial charge in [-0.3, -0.25) is 4.68 Å². The van der Waals surface area contributed by atoms with Crippen LogP contribution in [0.15, 0.2) is 30.9 Å². The molecule has 0 unspecified atom stereocenters. The molecule has 0 amide bonds. The van der Waals surface area contributed by atoms with Crippen molar-refractivity contribution in [3.63, 3.8) is 0 Å². The van der Waals surface area contributed by atoms with Gasteiger partial charge < -0.3 is 5.32 Å². The van der Waals surface area contributed by atoms with E-state index >= 15 is 0 Å². The molecule has 0 spiro atoms. The highest BCUT2D eigenvalue weighted by Gasteiger charge is 2.17. The Morgan fingerprint density at radius 1 is 1.16 bits per heavy atom. The van der Waals surface area contributed by atoms with E-state index in [9.17, 15) is 0 Å². The average Bonchev–Trinajstić information content (AvgIpc) is 3.10. The predicted molar refractivity (Wildman–Crippen MR) is 72.3 cm³/mol. The minimum atomic E-state index is 0.621. The molecule has 0 bridgehead atoms. The molecule has 1 fully saturated rings. The maximum atomic E-state index is 4.64. The van der Waals surface area contributed by atoms with Crippen molar-refractivity contribution in [3.05, 3.63) is 42.2 Å². The Balaban J connectivity index is 1.50. The molecule has 5 nitrogen and oxygen atoms in total. The summed E-state index contributed by atoms with van der Waals surface area (Å²) >= 11 is 0. The molecule has 3 rings (SSSR count). The third-order valence-electron chi connectivity index (χ3n) is 3.62. The molecule has 100 valence electrons. The third kappa shape index (κ3) is 3.17. The van der Waals surface area contributed by atoms with Gasteiger partial charge in [-0.05, 0) is 25.0 Å². The average molecular weight is 257 g/mol. The van der Waals surface area contributed by atoms with Crippen molar-refractivity contribution < 1.29 is 0 Å². The zero-order valence-corrected chi connectivity index (χ0v) is 11.0. The van der Waals surface area contributed by atoms with Crippen molar-refractivity contribution in [1.29, 1.82) is 0 Å². The Morgan fingerprint density at radius 3 is 2.79 bits per heavy atom. The van der Waals surface area contributed by atoms with E-state index in [1.54, 1.807) is 12.5 Å². The Kier molecular flexibility index (Phi) is 3.83. The molecule has 1 aliphatic rings. The highest BCUT2D eigenvalue weighted by atomic mass is 15.3. The summed E-state index contributed by atoms with van der Waals surface area (Å²) in [5, 5.41) is 8.00. The summed E-state index contributed by atoms with van der Waals surface area (Å²) in [6.45, 7) is 1.53. The van der Waals surface area contributed by atoms with Gasteiger partial charge in [0.2, 0.25) is 0 Å². The van der Waals surface area contributed by atoms with Crippen LogP contribution in [0.2, 0.25) is 0 Å². The first kappa shape index (κ1) is 12.3. The van der Waals surface area contributed by atoms with E-state index < -0.39 is 0 Å². The van der Waals surface area contributed by atoms with Crippen LogP contribution in [0.25, 0.3) is 0 Å². The van der Waals surface area contributed by atoms with Crippen molar-refractivity contribution >= 4 is 0 Å². The van der Waals surface area contributed by atoms with Gasteiger partial charge in [-0.1, -0.05) is 12.8 Å². The van der Waals surface area contributed by atoms with Crippen molar-refractivity contribution in [2.75, 3.05) is 0 Å². The Bertz CT molecular complexity index is 502. The zero-order chi connectivity index (χ0) is 12.9. The summed E-state index contributed by atoms with van der Waals surface area (Å²) in [4.78, 5) is 8.08. The summed E-state index contributed by atoms with van der Waals surface area (Å²) in [5.41, 5.74) is 2.10. The quantitative estimate of drug-likeness (QED) is 0.891. The van der Waals surface area contributed by atoms with Gasteiger partial charge in [0.25, 0.3) is 0 Å². The minimum absolute atomic E-state index is 0.621. The second-order valence-electron chi connectivity index (χ2n) is 5.03. The number of nitrogens with one attached hydrogen (secondary N) is 1. The van der Waals surface area contributed by atoms with Crippen molar-refractivity contribution in [2.24, 2.45) is 0 Å². The summed E-state index contributed by atoms with van der Waals surface area (Å²) in [6.07, 6.45) is 10.7. The van der Waals surface area contributed by atoms with Gasteiger partial charge in [-0.2, -0.15) is 5.10 Å². The largest absolute Gasteiger partial charge is 0.305 e. The summed E-state index contributed by atoms with van der Waals surface area (Å²) in [6, 6.07) is 4.64. The highest BCUT2D eigenvalue weighted by molar-refractivity contribution is 5.01. The van der Waals surface area contributed by atoms with Crippen molar-refractivity contribution in [3.8, 4) is 0 Å². The standard InChI is InChI=1S/C14H19N5/c1-2-4-14(3-1)19-8-6-13(18-19)10-16-9-12-5-7-15-11-17-12/h5-8,11,14,16H,1-4,9-10H2. The minimum Gasteiger partial charge on any atom is -0.305 e. The van der Waals surface area contributed by atoms with Gasteiger partial charge in [-0.25, -0.2) is 9.97 Å². The fraction of sp³-hybridized carbons (Fsp3) is 0.500. The van der Waals surface area contributed by atoms with E-state index in [0.29, 0.717) is 6.04 Å². The van der Waals surface area contributed by atoms with Crippen LogP contribution in [0, 0.1) is 0 Å². The van der Waals surface area contributed by atoms with Crippen molar-refractivity contribution in [1.82, 2.24) is 25.1 Å². The normalized spacial score (nSPS) is 16.0. The maximum Gasteiger partial charge on any atom is 0.115 e. The van der Waals surface area contributed by atoms with Crippen LogP contribution in [0.3, 0.4) is 0 Å². The molecule has 0 radical (unpaired) electrons. The SMILES string of the molecule is c1cc(CNCc2ccn(C3CCCC3)n2)ncn1. The number of hydrogen-bond donors (Lipinski definition) is 1. The van der Waals surface area contributed by atoms with Gasteiger partial charge in [0.15, 0.2) is 0 Å². The maximum absolute atomic E-state index is 4.64. The number of aromatic nitrogens is 4. The second kappa shape index (κ2) is 5.93. The van der Waals surface area contributed by atoms with Crippen molar-refractivity contribution in [2.45, 2.75) is 44.8 Å². The number of hydrogen-bond acceptors (Lipinski definition) is 4. The molecule has 0 aliphatic heterocycles. The van der Waals surface area contributed by atoms with Gasteiger partial charge in [-0.15, -0.1) is 0 Å². The topological polar surface area (TPSA) is 55.6 Å². The first-order chi connectivity index (χ1) is 9.42. The van der Waals surface area contributed by atoms with E-state index in [0.717, 1.165) is 24.5 Å². The van der Waals surface area contributed by atoms with Gasteiger partial charge >= 0.3 is 0 Å². The molecule has 1 saturated carbocycles. The lowest BCUT2D eigenvalue weighted by atomic mass is 10.3. The lowest BCUT2D eigenvalue weighted by molar-refractivity contribution is 0.460. The molecule has 0 atom stereocenters. The van der Waals surface area contributed by atoms with Crippen LogP contribution in [0.5, 0.6) is 0 Å². The third-order valence-corrected chi connectivity index (χ3v) is 3.62. The van der Waals surface area contributed by atoms with Crippen LogP contribution in [0.1, 0.15) is 43.1 Å². The first-order valence-electron chi connectivity index (χ1n) is 6.91. The highest BCUT2D eigenvalue weighted by Crippen LogP contribution is 2.28. The molecule has 5 heteroatoms. The van der Waals surface area contributed by atoms with Crippen LogP contribution in [-0.4, -0.2) is 19.7 Å². The van der Waals surface area contributed by atoms with Crippen LogP contribution < -0.4 is 5.32 Å².